The molecule has 5 rings (SSSR count). The van der Waals surface area contributed by atoms with Crippen LogP contribution in [0, 0.1) is 0 Å². The highest BCUT2D eigenvalue weighted by atomic mass is 16.3. The Kier molecular flexibility index (Phi) is 45.7. The van der Waals surface area contributed by atoms with Crippen molar-refractivity contribution in [2.45, 2.75) is 110 Å². The molecule has 0 aliphatic carbocycles. The van der Waals surface area contributed by atoms with Crippen molar-refractivity contribution in [1.82, 2.24) is 0 Å². The van der Waals surface area contributed by atoms with Gasteiger partial charge in [0, 0.05) is 0 Å². The van der Waals surface area contributed by atoms with E-state index >= 15 is 0 Å². The zero-order chi connectivity index (χ0) is 36.1. The largest absolute Gasteiger partial charge is 0.508 e. The predicted molar refractivity (Wildman–Crippen MR) is 222 cm³/mol. The minimum atomic E-state index is 0. The van der Waals surface area contributed by atoms with Gasteiger partial charge >= 0.3 is 0 Å². The number of rotatable bonds is 4. The highest BCUT2D eigenvalue weighted by Gasteiger charge is 1.89. The van der Waals surface area contributed by atoms with Crippen molar-refractivity contribution in [3.05, 3.63) is 162 Å². The van der Waals surface area contributed by atoms with Crippen LogP contribution in [0.4, 0.5) is 0 Å². The summed E-state index contributed by atoms with van der Waals surface area (Å²) in [7, 11) is 0. The number of aryl methyl sites for hydroxylation is 4. The summed E-state index contributed by atoms with van der Waals surface area (Å²) in [5.41, 5.74) is 5.71. The van der Waals surface area contributed by atoms with E-state index in [4.69, 9.17) is 15.3 Å². The van der Waals surface area contributed by atoms with Gasteiger partial charge < -0.3 is 15.3 Å². The van der Waals surface area contributed by atoms with Crippen LogP contribution in [0.2, 0.25) is 0 Å². The second kappa shape index (κ2) is 41.5. The van der Waals surface area contributed by atoms with Crippen molar-refractivity contribution in [3.63, 3.8) is 0 Å². The van der Waals surface area contributed by atoms with Crippen molar-refractivity contribution in [1.29, 1.82) is 0 Å². The minimum Gasteiger partial charge on any atom is -0.508 e. The Bertz CT molecular complexity index is 1070. The molecule has 5 aromatic carbocycles. The maximum atomic E-state index is 8.63. The summed E-state index contributed by atoms with van der Waals surface area (Å²) >= 11 is 0. The van der Waals surface area contributed by atoms with E-state index in [1.54, 1.807) is 72.8 Å². The maximum Gasteiger partial charge on any atom is 0.115 e. The quantitative estimate of drug-likeness (QED) is 0.178. The van der Waals surface area contributed by atoms with E-state index in [1.807, 2.05) is 59.7 Å². The maximum absolute atomic E-state index is 8.63. The molecule has 0 aromatic heterocycles. The topological polar surface area (TPSA) is 60.7 Å². The van der Waals surface area contributed by atoms with Crippen molar-refractivity contribution < 1.29 is 15.3 Å². The van der Waals surface area contributed by atoms with E-state index in [1.165, 1.54) is 22.3 Å². The molecule has 0 radical (unpaired) electrons. The fourth-order valence-corrected chi connectivity index (χ4v) is 3.31. The van der Waals surface area contributed by atoms with Crippen LogP contribution in [-0.4, -0.2) is 15.3 Å². The van der Waals surface area contributed by atoms with Gasteiger partial charge in [0.25, 0.3) is 0 Å². The summed E-state index contributed by atoms with van der Waals surface area (Å²) < 4.78 is 0. The van der Waals surface area contributed by atoms with E-state index in [-0.39, 0.29) is 14.9 Å². The van der Waals surface area contributed by atoms with Gasteiger partial charge in [0.15, 0.2) is 0 Å². The molecular weight excluding hydrogens is 601 g/mol. The lowest BCUT2D eigenvalue weighted by atomic mass is 10.1. The Morgan fingerprint density at radius 3 is 0.510 bits per heavy atom. The van der Waals surface area contributed by atoms with Gasteiger partial charge in [0.2, 0.25) is 0 Å². The monoisotopic (exact) mass is 673 g/mol. The Morgan fingerprint density at radius 1 is 0.286 bits per heavy atom. The van der Waals surface area contributed by atoms with Gasteiger partial charge in [0.1, 0.15) is 17.2 Å². The molecule has 274 valence electrons. The Labute approximate surface area is 303 Å². The molecule has 0 unspecified atom stereocenters. The Balaban J connectivity index is -0.000000158. The first-order valence-corrected chi connectivity index (χ1v) is 17.3. The summed E-state index contributed by atoms with van der Waals surface area (Å²) in [5, 5.41) is 25.9. The molecule has 0 aliphatic heterocycles. The molecule has 3 nitrogen and oxygen atoms in total. The van der Waals surface area contributed by atoms with Gasteiger partial charge in [-0.2, -0.15) is 0 Å². The van der Waals surface area contributed by atoms with E-state index in [0.29, 0.717) is 17.2 Å². The van der Waals surface area contributed by atoms with Gasteiger partial charge in [-0.3, -0.25) is 0 Å². The number of phenolic OH excluding ortho intramolecular Hbond substituents is 3. The van der Waals surface area contributed by atoms with Crippen LogP contribution in [0.1, 0.15) is 106 Å². The van der Waals surface area contributed by atoms with Crippen molar-refractivity contribution in [2.24, 2.45) is 0 Å². The first kappa shape index (κ1) is 54.0. The zero-order valence-corrected chi connectivity index (χ0v) is 30.9. The molecule has 0 saturated heterocycles. The number of phenols is 3. The molecule has 0 amide bonds. The van der Waals surface area contributed by atoms with Gasteiger partial charge in [-0.25, -0.2) is 0 Å². The highest BCUT2D eigenvalue weighted by Crippen LogP contribution is 2.06. The van der Waals surface area contributed by atoms with Gasteiger partial charge in [-0.05, 0) is 84.3 Å². The van der Waals surface area contributed by atoms with E-state index in [0.717, 1.165) is 25.7 Å². The number of para-hydroxylation sites is 3. The summed E-state index contributed by atoms with van der Waals surface area (Å²) in [6.45, 7) is 20.7. The summed E-state index contributed by atoms with van der Waals surface area (Å²) in [6.07, 6.45) is 4.57. The fourth-order valence-electron chi connectivity index (χ4n) is 3.31. The van der Waals surface area contributed by atoms with Crippen LogP contribution >= 0.6 is 0 Å². The molecule has 0 heterocycles. The molecule has 0 bridgehead atoms. The van der Waals surface area contributed by atoms with Gasteiger partial charge in [-0.15, -0.1) is 0 Å². The first-order valence-electron chi connectivity index (χ1n) is 17.3. The SMILES string of the molecule is C.C.CC.CC.CC.CCc1ccc(CC)cc1.CCc1ccc(CC)cc1.Oc1ccccc1.Oc1ccccc1.Oc1ccccc1. The summed E-state index contributed by atoms with van der Waals surface area (Å²) in [6, 6.07) is 43.8. The molecule has 3 heteroatoms. The third kappa shape index (κ3) is 33.2. The second-order valence-corrected chi connectivity index (χ2v) is 9.05. The van der Waals surface area contributed by atoms with E-state index in [9.17, 15) is 0 Å². The third-order valence-corrected chi connectivity index (χ3v) is 5.95. The van der Waals surface area contributed by atoms with Crippen LogP contribution < -0.4 is 0 Å². The normalized spacial score (nSPS) is 8.04. The predicted octanol–water partition coefficient (Wildman–Crippen LogP) is 14.2. The first-order chi connectivity index (χ1) is 22.9. The molecule has 49 heavy (non-hydrogen) atoms. The molecule has 0 aliphatic rings. The molecule has 0 saturated carbocycles. The highest BCUT2D eigenvalue weighted by molar-refractivity contribution is 5.23. The molecular formula is C46H72O3. The number of hydrogen-bond acceptors (Lipinski definition) is 3. The molecule has 0 fully saturated rings. The zero-order valence-electron chi connectivity index (χ0n) is 30.9. The van der Waals surface area contributed by atoms with Gasteiger partial charge in [-0.1, -0.05) is 187 Å². The molecule has 0 atom stereocenters. The number of aromatic hydroxyl groups is 3. The lowest BCUT2D eigenvalue weighted by molar-refractivity contribution is 0.475. The van der Waals surface area contributed by atoms with Crippen LogP contribution in [0.15, 0.2) is 140 Å². The third-order valence-electron chi connectivity index (χ3n) is 5.95. The van der Waals surface area contributed by atoms with Crippen LogP contribution in [0.3, 0.4) is 0 Å². The standard InChI is InChI=1S/2C10H14.3C6H6O.3C2H6.2CH4/c2*1-3-9-5-7-10(4-2)8-6-9;3*7-6-4-2-1-3-5-6;3*1-2;;/h2*5-8H,3-4H2,1-2H3;3*1-5,7H;3*1-2H3;2*1H4. The van der Waals surface area contributed by atoms with Crippen LogP contribution in [0.25, 0.3) is 0 Å². The average molecular weight is 673 g/mol. The van der Waals surface area contributed by atoms with Crippen LogP contribution in [0.5, 0.6) is 17.2 Å². The smallest absolute Gasteiger partial charge is 0.115 e. The number of benzene rings is 5. The van der Waals surface area contributed by atoms with Crippen LogP contribution in [-0.2, 0) is 25.7 Å². The average Bonchev–Trinajstić information content (AvgIpc) is 3.16. The second-order valence-electron chi connectivity index (χ2n) is 9.05. The number of hydrogen-bond donors (Lipinski definition) is 3. The lowest BCUT2D eigenvalue weighted by Gasteiger charge is -1.97. The van der Waals surface area contributed by atoms with Crippen molar-refractivity contribution in [2.75, 3.05) is 0 Å². The Hall–Kier alpha value is -4.50. The molecule has 5 aromatic rings. The van der Waals surface area contributed by atoms with Gasteiger partial charge in [0.05, 0.1) is 0 Å². The van der Waals surface area contributed by atoms with E-state index < -0.39 is 0 Å². The lowest BCUT2D eigenvalue weighted by Crippen LogP contribution is -1.81. The van der Waals surface area contributed by atoms with E-state index in [2.05, 4.69) is 76.2 Å². The summed E-state index contributed by atoms with van der Waals surface area (Å²) in [5.74, 6) is 0.965. The molecule has 0 spiro atoms. The fraction of sp³-hybridized carbons (Fsp3) is 0.348. The van der Waals surface area contributed by atoms with Crippen molar-refractivity contribution >= 4 is 0 Å². The Morgan fingerprint density at radius 2 is 0.429 bits per heavy atom. The minimum absolute atomic E-state index is 0. The summed E-state index contributed by atoms with van der Waals surface area (Å²) in [4.78, 5) is 0. The van der Waals surface area contributed by atoms with Crippen molar-refractivity contribution in [3.8, 4) is 17.2 Å². The molecule has 3 N–H and O–H groups in total.